The molecule has 1 heterocycles. The van der Waals surface area contributed by atoms with E-state index in [-0.39, 0.29) is 15.6 Å². The summed E-state index contributed by atoms with van der Waals surface area (Å²) in [6, 6.07) is 7.08. The van der Waals surface area contributed by atoms with Crippen molar-refractivity contribution in [3.05, 3.63) is 57.5 Å². The van der Waals surface area contributed by atoms with Gasteiger partial charge in [-0.15, -0.1) is 0 Å². The van der Waals surface area contributed by atoms with Crippen LogP contribution in [0.1, 0.15) is 18.1 Å². The number of carbonyl (C=O) groups excluding carboxylic acids is 3. The molecule has 34 heavy (non-hydrogen) atoms. The average molecular weight is 515 g/mol. The van der Waals surface area contributed by atoms with E-state index in [4.69, 9.17) is 21.1 Å². The topological polar surface area (TPSA) is 84.9 Å². The summed E-state index contributed by atoms with van der Waals surface area (Å²) in [5.74, 6) is -0.785. The molecule has 0 saturated carbocycles. The molecule has 1 aliphatic heterocycles. The maximum atomic E-state index is 12.9. The minimum atomic E-state index is -4.58. The smallest absolute Gasteiger partial charge is 0.416 e. The molecule has 0 atom stereocenters. The first-order chi connectivity index (χ1) is 16.0. The van der Waals surface area contributed by atoms with E-state index in [0.717, 1.165) is 18.2 Å². The zero-order chi connectivity index (χ0) is 25.0. The second kappa shape index (κ2) is 10.4. The summed E-state index contributed by atoms with van der Waals surface area (Å²) in [5.41, 5.74) is -0.664. The molecule has 12 heteroatoms. The number of nitrogens with one attached hydrogen (secondary N) is 1. The van der Waals surface area contributed by atoms with Crippen LogP contribution in [0, 0.1) is 0 Å². The minimum Gasteiger partial charge on any atom is -0.493 e. The monoisotopic (exact) mass is 514 g/mol. The molecule has 0 aromatic heterocycles. The van der Waals surface area contributed by atoms with E-state index in [9.17, 15) is 27.6 Å². The van der Waals surface area contributed by atoms with E-state index in [2.05, 4.69) is 5.32 Å². The molecule has 0 aliphatic carbocycles. The third-order valence-electron chi connectivity index (χ3n) is 4.52. The van der Waals surface area contributed by atoms with Crippen LogP contribution in [0.15, 0.2) is 41.3 Å². The summed E-state index contributed by atoms with van der Waals surface area (Å²) in [7, 11) is 1.45. The first-order valence-electron chi connectivity index (χ1n) is 9.76. The molecule has 1 aliphatic rings. The Morgan fingerprint density at radius 3 is 2.59 bits per heavy atom. The predicted octanol–water partition coefficient (Wildman–Crippen LogP) is 5.44. The Kier molecular flexibility index (Phi) is 7.78. The van der Waals surface area contributed by atoms with Gasteiger partial charge in [-0.25, -0.2) is 0 Å². The molecule has 7 nitrogen and oxygen atoms in total. The maximum absolute atomic E-state index is 12.9. The molecule has 180 valence electrons. The van der Waals surface area contributed by atoms with Crippen LogP contribution in [0.2, 0.25) is 5.02 Å². The van der Waals surface area contributed by atoms with E-state index in [1.54, 1.807) is 13.0 Å². The fourth-order valence-corrected chi connectivity index (χ4v) is 4.02. The zero-order valence-electron chi connectivity index (χ0n) is 17.9. The number of anilines is 1. The molecule has 0 bridgehead atoms. The van der Waals surface area contributed by atoms with Crippen LogP contribution in [0.25, 0.3) is 6.08 Å². The minimum absolute atomic E-state index is 0.0198. The molecule has 1 saturated heterocycles. The van der Waals surface area contributed by atoms with Crippen LogP contribution >= 0.6 is 23.4 Å². The van der Waals surface area contributed by atoms with Gasteiger partial charge in [0.2, 0.25) is 5.91 Å². The SMILES string of the molecule is CCOc1cc(/C=C2\SC(=O)N(CC(=O)Nc3cccc(C(F)(F)F)c3)C2=O)c(Cl)cc1OC. The number of ether oxygens (including phenoxy) is 2. The number of benzene rings is 2. The van der Waals surface area contributed by atoms with Crippen molar-refractivity contribution < 1.29 is 37.0 Å². The van der Waals surface area contributed by atoms with Gasteiger partial charge in [0, 0.05) is 11.8 Å². The standard InChI is InChI=1S/C22H18ClF3N2O5S/c1-3-33-17-7-12(15(23)10-16(17)32-2)8-18-20(30)28(21(31)34-18)11-19(29)27-14-6-4-5-13(9-14)22(24,25)26/h4-10H,3,11H2,1-2H3,(H,27,29)/b18-8-. The van der Waals surface area contributed by atoms with Crippen LogP contribution in [-0.4, -0.2) is 42.2 Å². The predicted molar refractivity (Wildman–Crippen MR) is 122 cm³/mol. The first kappa shape index (κ1) is 25.4. The summed E-state index contributed by atoms with van der Waals surface area (Å²) >= 11 is 6.86. The molecule has 0 radical (unpaired) electrons. The Labute approximate surface area is 201 Å². The van der Waals surface area contributed by atoms with Crippen molar-refractivity contribution in [2.24, 2.45) is 0 Å². The Balaban J connectivity index is 1.76. The highest BCUT2D eigenvalue weighted by Gasteiger charge is 2.36. The van der Waals surface area contributed by atoms with Crippen molar-refractivity contribution in [1.82, 2.24) is 4.90 Å². The highest BCUT2D eigenvalue weighted by Crippen LogP contribution is 2.38. The van der Waals surface area contributed by atoms with Crippen molar-refractivity contribution in [3.8, 4) is 11.5 Å². The molecule has 1 N–H and O–H groups in total. The number of hydrogen-bond donors (Lipinski definition) is 1. The number of carbonyl (C=O) groups is 3. The lowest BCUT2D eigenvalue weighted by molar-refractivity contribution is -0.137. The lowest BCUT2D eigenvalue weighted by Crippen LogP contribution is -2.36. The maximum Gasteiger partial charge on any atom is 0.416 e. The van der Waals surface area contributed by atoms with Crippen molar-refractivity contribution in [3.63, 3.8) is 0 Å². The molecule has 3 rings (SSSR count). The van der Waals surface area contributed by atoms with Crippen LogP contribution < -0.4 is 14.8 Å². The van der Waals surface area contributed by atoms with Crippen molar-refractivity contribution in [2.75, 3.05) is 25.6 Å². The van der Waals surface area contributed by atoms with Crippen molar-refractivity contribution in [1.29, 1.82) is 0 Å². The molecule has 3 amide bonds. The van der Waals surface area contributed by atoms with Gasteiger partial charge in [-0.05, 0) is 54.6 Å². The molecule has 2 aromatic rings. The summed E-state index contributed by atoms with van der Waals surface area (Å²) in [6.45, 7) is 1.47. The van der Waals surface area contributed by atoms with Crippen LogP contribution in [-0.2, 0) is 15.8 Å². The summed E-state index contributed by atoms with van der Waals surface area (Å²) in [6.07, 6.45) is -3.19. The molecule has 0 unspecified atom stereocenters. The largest absolute Gasteiger partial charge is 0.493 e. The normalized spacial score (nSPS) is 15.1. The third kappa shape index (κ3) is 5.84. The fraction of sp³-hybridized carbons (Fsp3) is 0.227. The number of amides is 3. The third-order valence-corrected chi connectivity index (χ3v) is 5.75. The van der Waals surface area contributed by atoms with E-state index >= 15 is 0 Å². The fourth-order valence-electron chi connectivity index (χ4n) is 2.98. The summed E-state index contributed by atoms with van der Waals surface area (Å²) in [5, 5.41) is 1.81. The van der Waals surface area contributed by atoms with Gasteiger partial charge in [0.1, 0.15) is 6.54 Å². The van der Waals surface area contributed by atoms with Gasteiger partial charge in [-0.2, -0.15) is 13.2 Å². The Hall–Kier alpha value is -3.18. The number of halogens is 4. The van der Waals surface area contributed by atoms with Gasteiger partial charge in [0.15, 0.2) is 11.5 Å². The molecule has 0 spiro atoms. The Morgan fingerprint density at radius 1 is 1.21 bits per heavy atom. The molecular formula is C22H18ClF3N2O5S. The zero-order valence-corrected chi connectivity index (χ0v) is 19.4. The van der Waals surface area contributed by atoms with Crippen LogP contribution in [0.4, 0.5) is 23.7 Å². The van der Waals surface area contributed by atoms with Crippen LogP contribution in [0.5, 0.6) is 11.5 Å². The van der Waals surface area contributed by atoms with Gasteiger partial charge in [0.25, 0.3) is 11.1 Å². The molecule has 1 fully saturated rings. The Bertz CT molecular complexity index is 1170. The van der Waals surface area contributed by atoms with E-state index in [1.807, 2.05) is 0 Å². The van der Waals surface area contributed by atoms with Crippen LogP contribution in [0.3, 0.4) is 0 Å². The van der Waals surface area contributed by atoms with Crippen molar-refractivity contribution >= 4 is 52.2 Å². The number of nitrogens with zero attached hydrogens (tertiary/aromatic N) is 1. The van der Waals surface area contributed by atoms with Gasteiger partial charge < -0.3 is 14.8 Å². The van der Waals surface area contributed by atoms with E-state index < -0.39 is 35.3 Å². The summed E-state index contributed by atoms with van der Waals surface area (Å²) < 4.78 is 49.3. The number of alkyl halides is 3. The van der Waals surface area contributed by atoms with Gasteiger partial charge in [-0.3, -0.25) is 19.3 Å². The number of hydrogen-bond acceptors (Lipinski definition) is 6. The number of methoxy groups -OCH3 is 1. The molecular weight excluding hydrogens is 497 g/mol. The van der Waals surface area contributed by atoms with E-state index in [0.29, 0.717) is 40.3 Å². The number of rotatable bonds is 7. The molecule has 2 aromatic carbocycles. The van der Waals surface area contributed by atoms with Gasteiger partial charge in [0.05, 0.1) is 29.2 Å². The Morgan fingerprint density at radius 2 is 1.94 bits per heavy atom. The average Bonchev–Trinajstić information content (AvgIpc) is 3.02. The lowest BCUT2D eigenvalue weighted by atomic mass is 10.1. The summed E-state index contributed by atoms with van der Waals surface area (Å²) in [4.78, 5) is 38.1. The van der Waals surface area contributed by atoms with Crippen molar-refractivity contribution in [2.45, 2.75) is 13.1 Å². The number of imide groups is 1. The highest BCUT2D eigenvalue weighted by atomic mass is 35.5. The highest BCUT2D eigenvalue weighted by molar-refractivity contribution is 8.18. The lowest BCUT2D eigenvalue weighted by Gasteiger charge is -2.14. The number of thioether (sulfide) groups is 1. The second-order valence-corrected chi connectivity index (χ2v) is 8.25. The quantitative estimate of drug-likeness (QED) is 0.495. The second-order valence-electron chi connectivity index (χ2n) is 6.85. The van der Waals surface area contributed by atoms with Gasteiger partial charge >= 0.3 is 6.18 Å². The van der Waals surface area contributed by atoms with E-state index in [1.165, 1.54) is 25.3 Å². The first-order valence-corrected chi connectivity index (χ1v) is 11.0. The van der Waals surface area contributed by atoms with Gasteiger partial charge in [-0.1, -0.05) is 17.7 Å².